The summed E-state index contributed by atoms with van der Waals surface area (Å²) >= 11 is 0. The van der Waals surface area contributed by atoms with E-state index in [0.29, 0.717) is 12.2 Å². The summed E-state index contributed by atoms with van der Waals surface area (Å²) in [5.74, 6) is -0.0994. The highest BCUT2D eigenvalue weighted by Gasteiger charge is 2.29. The third-order valence-electron chi connectivity index (χ3n) is 3.67. The van der Waals surface area contributed by atoms with Crippen LogP contribution in [0.1, 0.15) is 17.2 Å². The first kappa shape index (κ1) is 14.5. The lowest BCUT2D eigenvalue weighted by Crippen LogP contribution is -2.39. The molecule has 2 aromatic rings. The number of carbonyl (C=O) groups excluding carboxylic acids is 1. The summed E-state index contributed by atoms with van der Waals surface area (Å²) in [5, 5.41) is 12.6. The minimum absolute atomic E-state index is 0.0596. The number of fused-ring (bicyclic) bond motifs is 1. The number of halogens is 1. The molecule has 3 rings (SSSR count). The van der Waals surface area contributed by atoms with Gasteiger partial charge in [-0.3, -0.25) is 4.79 Å². The highest BCUT2D eigenvalue weighted by Crippen LogP contribution is 2.28. The molecule has 22 heavy (non-hydrogen) atoms. The van der Waals surface area contributed by atoms with Gasteiger partial charge in [-0.05, 0) is 17.7 Å². The van der Waals surface area contributed by atoms with Gasteiger partial charge in [-0.25, -0.2) is 4.39 Å². The molecule has 2 aromatic carbocycles. The van der Waals surface area contributed by atoms with Crippen LogP contribution in [0, 0.1) is 5.82 Å². The molecule has 1 aliphatic rings. The van der Waals surface area contributed by atoms with E-state index in [4.69, 9.17) is 4.74 Å². The number of carbonyl (C=O) groups is 1. The van der Waals surface area contributed by atoms with Crippen molar-refractivity contribution < 1.29 is 19.0 Å². The van der Waals surface area contributed by atoms with Crippen LogP contribution in [-0.2, 0) is 11.2 Å². The zero-order chi connectivity index (χ0) is 15.5. The molecule has 0 saturated carbocycles. The summed E-state index contributed by atoms with van der Waals surface area (Å²) < 4.78 is 19.1. The van der Waals surface area contributed by atoms with Crippen molar-refractivity contribution in [3.8, 4) is 5.75 Å². The number of hydrogen-bond donors (Lipinski definition) is 2. The van der Waals surface area contributed by atoms with E-state index in [1.807, 2.05) is 24.3 Å². The molecule has 0 saturated heterocycles. The number of ether oxygens (including phenoxy) is 1. The third-order valence-corrected chi connectivity index (χ3v) is 3.67. The van der Waals surface area contributed by atoms with Gasteiger partial charge in [-0.2, -0.15) is 0 Å². The minimum atomic E-state index is -1.09. The number of rotatable bonds is 4. The zero-order valence-electron chi connectivity index (χ0n) is 11.8. The molecular weight excluding hydrogens is 285 g/mol. The number of benzene rings is 2. The third kappa shape index (κ3) is 2.94. The highest BCUT2D eigenvalue weighted by atomic mass is 19.1. The van der Waals surface area contributed by atoms with Crippen LogP contribution in [0.3, 0.4) is 0 Å². The second-order valence-electron chi connectivity index (χ2n) is 5.20. The van der Waals surface area contributed by atoms with Gasteiger partial charge < -0.3 is 15.2 Å². The van der Waals surface area contributed by atoms with Gasteiger partial charge in [0.25, 0.3) is 5.91 Å². The second kappa shape index (κ2) is 6.15. The van der Waals surface area contributed by atoms with E-state index in [2.05, 4.69) is 5.32 Å². The summed E-state index contributed by atoms with van der Waals surface area (Å²) in [4.78, 5) is 12.1. The fourth-order valence-electron chi connectivity index (χ4n) is 2.49. The molecule has 2 unspecified atom stereocenters. The topological polar surface area (TPSA) is 58.6 Å². The Kier molecular flexibility index (Phi) is 4.06. The first-order valence-corrected chi connectivity index (χ1v) is 7.10. The maximum atomic E-state index is 13.5. The van der Waals surface area contributed by atoms with Crippen LogP contribution in [0.15, 0.2) is 48.5 Å². The molecule has 0 bridgehead atoms. The normalized spacial score (nSPS) is 17.5. The van der Waals surface area contributed by atoms with Crippen LogP contribution in [0.2, 0.25) is 0 Å². The van der Waals surface area contributed by atoms with Crippen molar-refractivity contribution in [2.24, 2.45) is 0 Å². The van der Waals surface area contributed by atoms with Crippen molar-refractivity contribution in [1.29, 1.82) is 0 Å². The highest BCUT2D eigenvalue weighted by molar-refractivity contribution is 5.82. The largest absolute Gasteiger partial charge is 0.480 e. The van der Waals surface area contributed by atoms with Gasteiger partial charge in [0.05, 0.1) is 6.10 Å². The van der Waals surface area contributed by atoms with Gasteiger partial charge in [0.1, 0.15) is 11.6 Å². The maximum Gasteiger partial charge on any atom is 0.261 e. The van der Waals surface area contributed by atoms with Crippen LogP contribution in [0.4, 0.5) is 4.39 Å². The standard InChI is InChI=1S/C17H16FNO3/c18-13-7-3-2-6-12(13)14(20)10-19-17(21)16-9-11-5-1-4-8-15(11)22-16/h1-8,14,16,20H,9-10H2,(H,19,21). The summed E-state index contributed by atoms with van der Waals surface area (Å²) in [7, 11) is 0. The van der Waals surface area contributed by atoms with E-state index < -0.39 is 18.0 Å². The van der Waals surface area contributed by atoms with E-state index in [9.17, 15) is 14.3 Å². The van der Waals surface area contributed by atoms with Gasteiger partial charge in [0, 0.05) is 18.5 Å². The molecule has 1 heterocycles. The lowest BCUT2D eigenvalue weighted by Gasteiger charge is -2.15. The number of aliphatic hydroxyl groups excluding tert-OH is 1. The predicted octanol–water partition coefficient (Wildman–Crippen LogP) is 1.98. The average Bonchev–Trinajstić information content (AvgIpc) is 2.97. The van der Waals surface area contributed by atoms with Crippen LogP contribution in [0.25, 0.3) is 0 Å². The van der Waals surface area contributed by atoms with Gasteiger partial charge >= 0.3 is 0 Å². The van der Waals surface area contributed by atoms with Gasteiger partial charge in [0.2, 0.25) is 0 Å². The Balaban J connectivity index is 1.57. The number of nitrogens with one attached hydrogen (secondary N) is 1. The molecule has 114 valence electrons. The van der Waals surface area contributed by atoms with E-state index in [1.54, 1.807) is 12.1 Å². The predicted molar refractivity (Wildman–Crippen MR) is 78.9 cm³/mol. The molecule has 5 heteroatoms. The Morgan fingerprint density at radius 3 is 2.77 bits per heavy atom. The number of hydrogen-bond acceptors (Lipinski definition) is 3. The molecule has 4 nitrogen and oxygen atoms in total. The van der Waals surface area contributed by atoms with Crippen LogP contribution in [0.5, 0.6) is 5.75 Å². The molecule has 0 radical (unpaired) electrons. The monoisotopic (exact) mass is 301 g/mol. The molecule has 1 aliphatic heterocycles. The van der Waals surface area contributed by atoms with Crippen molar-refractivity contribution in [1.82, 2.24) is 5.32 Å². The van der Waals surface area contributed by atoms with Gasteiger partial charge in [-0.15, -0.1) is 0 Å². The number of amides is 1. The first-order chi connectivity index (χ1) is 10.6. The van der Waals surface area contributed by atoms with Gasteiger partial charge in [-0.1, -0.05) is 36.4 Å². The Bertz CT molecular complexity index is 664. The van der Waals surface area contributed by atoms with Gasteiger partial charge in [0.15, 0.2) is 6.10 Å². The number of para-hydroxylation sites is 1. The Morgan fingerprint density at radius 2 is 2.00 bits per heavy atom. The lowest BCUT2D eigenvalue weighted by atomic mass is 10.1. The summed E-state index contributed by atoms with van der Waals surface area (Å²) in [6, 6.07) is 13.4. The summed E-state index contributed by atoms with van der Waals surface area (Å²) in [6.45, 7) is -0.0596. The van der Waals surface area contributed by atoms with Crippen LogP contribution < -0.4 is 10.1 Å². The molecular formula is C17H16FNO3. The lowest BCUT2D eigenvalue weighted by molar-refractivity contribution is -0.127. The molecule has 0 spiro atoms. The molecule has 1 amide bonds. The van der Waals surface area contributed by atoms with E-state index in [0.717, 1.165) is 5.56 Å². The Labute approximate surface area is 127 Å². The maximum absolute atomic E-state index is 13.5. The van der Waals surface area contributed by atoms with Crippen LogP contribution >= 0.6 is 0 Å². The van der Waals surface area contributed by atoms with Crippen molar-refractivity contribution >= 4 is 5.91 Å². The zero-order valence-corrected chi connectivity index (χ0v) is 11.8. The second-order valence-corrected chi connectivity index (χ2v) is 5.20. The van der Waals surface area contributed by atoms with Crippen molar-refractivity contribution in [3.63, 3.8) is 0 Å². The summed E-state index contributed by atoms with van der Waals surface area (Å²) in [5.41, 5.74) is 1.15. The first-order valence-electron chi connectivity index (χ1n) is 7.10. The van der Waals surface area contributed by atoms with E-state index in [1.165, 1.54) is 12.1 Å². The van der Waals surface area contributed by atoms with Crippen LogP contribution in [-0.4, -0.2) is 23.7 Å². The van der Waals surface area contributed by atoms with E-state index >= 15 is 0 Å². The fraction of sp³-hybridized carbons (Fsp3) is 0.235. The van der Waals surface area contributed by atoms with Crippen molar-refractivity contribution in [3.05, 3.63) is 65.5 Å². The van der Waals surface area contributed by atoms with E-state index in [-0.39, 0.29) is 18.0 Å². The number of aliphatic hydroxyl groups is 1. The average molecular weight is 301 g/mol. The smallest absolute Gasteiger partial charge is 0.261 e. The Hall–Kier alpha value is -2.40. The molecule has 0 fully saturated rings. The molecule has 2 N–H and O–H groups in total. The van der Waals surface area contributed by atoms with Crippen molar-refractivity contribution in [2.75, 3.05) is 6.54 Å². The molecule has 0 aliphatic carbocycles. The summed E-state index contributed by atoms with van der Waals surface area (Å²) in [6.07, 6.45) is -1.20. The fourth-order valence-corrected chi connectivity index (χ4v) is 2.49. The quantitative estimate of drug-likeness (QED) is 0.908. The minimum Gasteiger partial charge on any atom is -0.480 e. The molecule has 0 aromatic heterocycles. The SMILES string of the molecule is O=C(NCC(O)c1ccccc1F)C1Cc2ccccc2O1. The van der Waals surface area contributed by atoms with Crippen molar-refractivity contribution in [2.45, 2.75) is 18.6 Å². The Morgan fingerprint density at radius 1 is 1.27 bits per heavy atom. The molecule has 2 atom stereocenters.